The molecule has 0 bridgehead atoms. The summed E-state index contributed by atoms with van der Waals surface area (Å²) in [7, 11) is 0. The monoisotopic (exact) mass is 210 g/mol. The molecule has 2 aromatic rings. The summed E-state index contributed by atoms with van der Waals surface area (Å²) < 4.78 is 0. The van der Waals surface area contributed by atoms with Gasteiger partial charge < -0.3 is 5.32 Å². The van der Waals surface area contributed by atoms with Crippen molar-refractivity contribution in [3.05, 3.63) is 16.1 Å². The van der Waals surface area contributed by atoms with E-state index in [0.29, 0.717) is 12.5 Å². The Bertz CT molecular complexity index is 381. The van der Waals surface area contributed by atoms with Crippen molar-refractivity contribution in [1.29, 1.82) is 0 Å². The van der Waals surface area contributed by atoms with E-state index in [9.17, 15) is 0 Å². The summed E-state index contributed by atoms with van der Waals surface area (Å²) in [6.45, 7) is 2.76. The van der Waals surface area contributed by atoms with Crippen molar-refractivity contribution in [1.82, 2.24) is 25.6 Å². The van der Waals surface area contributed by atoms with Crippen LogP contribution >= 0.6 is 11.3 Å². The summed E-state index contributed by atoms with van der Waals surface area (Å²) in [4.78, 5) is 5.54. The van der Waals surface area contributed by atoms with E-state index in [1.165, 1.54) is 4.88 Å². The summed E-state index contributed by atoms with van der Waals surface area (Å²) in [6, 6.07) is 0. The van der Waals surface area contributed by atoms with Gasteiger partial charge in [0, 0.05) is 11.1 Å². The molecule has 0 unspecified atom stereocenters. The molecule has 7 heteroatoms. The number of rotatable bonds is 4. The number of hydrogen-bond donors (Lipinski definition) is 2. The van der Waals surface area contributed by atoms with Crippen molar-refractivity contribution >= 4 is 17.3 Å². The molecular weight excluding hydrogens is 200 g/mol. The quantitative estimate of drug-likeness (QED) is 0.781. The average molecular weight is 210 g/mol. The van der Waals surface area contributed by atoms with Crippen molar-refractivity contribution in [2.75, 3.05) is 5.32 Å². The zero-order valence-corrected chi connectivity index (χ0v) is 8.51. The molecule has 0 atom stereocenters. The molecule has 0 spiro atoms. The molecule has 14 heavy (non-hydrogen) atoms. The fourth-order valence-corrected chi connectivity index (χ4v) is 1.79. The van der Waals surface area contributed by atoms with Gasteiger partial charge >= 0.3 is 0 Å². The van der Waals surface area contributed by atoms with E-state index in [1.54, 1.807) is 11.3 Å². The summed E-state index contributed by atoms with van der Waals surface area (Å²) in [5.41, 5.74) is 0. The Morgan fingerprint density at radius 3 is 3.14 bits per heavy atom. The van der Waals surface area contributed by atoms with Gasteiger partial charge in [-0.1, -0.05) is 12.0 Å². The van der Waals surface area contributed by atoms with Gasteiger partial charge in [0.15, 0.2) is 0 Å². The Labute approximate surface area is 84.8 Å². The molecule has 74 valence electrons. The highest BCUT2D eigenvalue weighted by Gasteiger charge is 2.01. The standard InChI is InChI=1S/C7H10N6S/c1-2-5-3-8-6(14-5)4-9-7-10-12-13-11-7/h3H,2,4H2,1H3,(H2,9,10,11,12,13). The van der Waals surface area contributed by atoms with Gasteiger partial charge in [0.1, 0.15) is 5.01 Å². The molecule has 0 aromatic carbocycles. The van der Waals surface area contributed by atoms with E-state index >= 15 is 0 Å². The van der Waals surface area contributed by atoms with E-state index in [-0.39, 0.29) is 0 Å². The molecule has 2 heterocycles. The Hall–Kier alpha value is -1.50. The van der Waals surface area contributed by atoms with Gasteiger partial charge in [-0.2, -0.15) is 5.21 Å². The smallest absolute Gasteiger partial charge is 0.263 e. The van der Waals surface area contributed by atoms with Crippen molar-refractivity contribution < 1.29 is 0 Å². The summed E-state index contributed by atoms with van der Waals surface area (Å²) in [6.07, 6.45) is 2.93. The number of aryl methyl sites for hydroxylation is 1. The number of tetrazole rings is 1. The van der Waals surface area contributed by atoms with E-state index in [2.05, 4.69) is 37.8 Å². The third-order valence-corrected chi connectivity index (χ3v) is 2.83. The fraction of sp³-hybridized carbons (Fsp3) is 0.429. The maximum absolute atomic E-state index is 4.26. The molecule has 0 aliphatic carbocycles. The van der Waals surface area contributed by atoms with Crippen LogP contribution in [0.4, 0.5) is 5.95 Å². The number of aromatic nitrogens is 5. The number of H-pyrrole nitrogens is 1. The predicted molar refractivity (Wildman–Crippen MR) is 53.0 cm³/mol. The number of nitrogens with one attached hydrogen (secondary N) is 2. The maximum Gasteiger partial charge on any atom is 0.263 e. The van der Waals surface area contributed by atoms with Crippen molar-refractivity contribution in [3.63, 3.8) is 0 Å². The predicted octanol–water partition coefficient (Wildman–Crippen LogP) is 0.831. The highest BCUT2D eigenvalue weighted by atomic mass is 32.1. The van der Waals surface area contributed by atoms with Crippen LogP contribution in [0.5, 0.6) is 0 Å². The zero-order valence-electron chi connectivity index (χ0n) is 7.69. The first-order chi connectivity index (χ1) is 6.88. The number of hydrogen-bond acceptors (Lipinski definition) is 6. The first-order valence-corrected chi connectivity index (χ1v) is 5.11. The lowest BCUT2D eigenvalue weighted by molar-refractivity contribution is 0.881. The first kappa shape index (κ1) is 9.07. The van der Waals surface area contributed by atoms with Gasteiger partial charge in [0.05, 0.1) is 6.54 Å². The molecule has 0 aliphatic heterocycles. The lowest BCUT2D eigenvalue weighted by atomic mass is 10.4. The van der Waals surface area contributed by atoms with Gasteiger partial charge in [-0.3, -0.25) is 0 Å². The largest absolute Gasteiger partial charge is 0.345 e. The summed E-state index contributed by atoms with van der Waals surface area (Å²) in [5.74, 6) is 0.498. The van der Waals surface area contributed by atoms with Crippen LogP contribution in [0.1, 0.15) is 16.8 Å². The number of anilines is 1. The molecule has 0 fully saturated rings. The molecule has 2 aromatic heterocycles. The van der Waals surface area contributed by atoms with Crippen LogP contribution in [0, 0.1) is 0 Å². The molecule has 2 rings (SSSR count). The van der Waals surface area contributed by atoms with Crippen LogP contribution in [0.2, 0.25) is 0 Å². The molecular formula is C7H10N6S. The first-order valence-electron chi connectivity index (χ1n) is 4.29. The molecule has 0 amide bonds. The second-order valence-electron chi connectivity index (χ2n) is 2.66. The fourth-order valence-electron chi connectivity index (χ4n) is 0.985. The molecule has 0 radical (unpaired) electrons. The number of nitrogens with zero attached hydrogens (tertiary/aromatic N) is 4. The normalized spacial score (nSPS) is 10.4. The van der Waals surface area contributed by atoms with E-state index < -0.39 is 0 Å². The van der Waals surface area contributed by atoms with Gasteiger partial charge in [-0.15, -0.1) is 16.4 Å². The van der Waals surface area contributed by atoms with E-state index in [1.807, 2.05) is 6.20 Å². The molecule has 0 saturated heterocycles. The maximum atomic E-state index is 4.26. The lowest BCUT2D eigenvalue weighted by Gasteiger charge is -1.95. The highest BCUT2D eigenvalue weighted by Crippen LogP contribution is 2.13. The van der Waals surface area contributed by atoms with Gasteiger partial charge in [-0.25, -0.2) is 4.98 Å². The van der Waals surface area contributed by atoms with Crippen LogP contribution in [0.25, 0.3) is 0 Å². The SMILES string of the molecule is CCc1cnc(CNc2nn[nH]n2)s1. The van der Waals surface area contributed by atoms with Crippen molar-refractivity contribution in [3.8, 4) is 0 Å². The minimum Gasteiger partial charge on any atom is -0.345 e. The summed E-state index contributed by atoms with van der Waals surface area (Å²) in [5, 5.41) is 17.4. The van der Waals surface area contributed by atoms with Crippen LogP contribution < -0.4 is 5.32 Å². The van der Waals surface area contributed by atoms with Crippen LogP contribution in [-0.4, -0.2) is 25.6 Å². The molecule has 0 saturated carbocycles. The third kappa shape index (κ3) is 2.05. The highest BCUT2D eigenvalue weighted by molar-refractivity contribution is 7.11. The van der Waals surface area contributed by atoms with Crippen LogP contribution in [0.15, 0.2) is 6.20 Å². The minimum absolute atomic E-state index is 0.498. The molecule has 6 nitrogen and oxygen atoms in total. The van der Waals surface area contributed by atoms with Crippen LogP contribution in [-0.2, 0) is 13.0 Å². The second-order valence-corrected chi connectivity index (χ2v) is 3.86. The Morgan fingerprint density at radius 2 is 2.50 bits per heavy atom. The van der Waals surface area contributed by atoms with Crippen molar-refractivity contribution in [2.24, 2.45) is 0 Å². The van der Waals surface area contributed by atoms with Crippen LogP contribution in [0.3, 0.4) is 0 Å². The number of thiazole rings is 1. The Kier molecular flexibility index (Phi) is 2.68. The van der Waals surface area contributed by atoms with E-state index in [4.69, 9.17) is 0 Å². The third-order valence-electron chi connectivity index (χ3n) is 1.69. The molecule has 2 N–H and O–H groups in total. The van der Waals surface area contributed by atoms with E-state index in [0.717, 1.165) is 11.4 Å². The van der Waals surface area contributed by atoms with Gasteiger partial charge in [0.25, 0.3) is 5.95 Å². The number of aromatic amines is 1. The topological polar surface area (TPSA) is 79.4 Å². The minimum atomic E-state index is 0.498. The average Bonchev–Trinajstić information content (AvgIpc) is 2.86. The van der Waals surface area contributed by atoms with Gasteiger partial charge in [-0.05, 0) is 11.6 Å². The Morgan fingerprint density at radius 1 is 1.57 bits per heavy atom. The summed E-state index contributed by atoms with van der Waals surface area (Å²) >= 11 is 1.69. The van der Waals surface area contributed by atoms with Gasteiger partial charge in [0.2, 0.25) is 0 Å². The van der Waals surface area contributed by atoms with Crippen molar-refractivity contribution in [2.45, 2.75) is 19.9 Å². The lowest BCUT2D eigenvalue weighted by Crippen LogP contribution is -2.00. The zero-order chi connectivity index (χ0) is 9.80. The Balaban J connectivity index is 1.92. The molecule has 0 aliphatic rings. The second kappa shape index (κ2) is 4.14.